The first-order chi connectivity index (χ1) is 10.5. The predicted molar refractivity (Wildman–Crippen MR) is 84.1 cm³/mol. The molecule has 1 aliphatic carbocycles. The zero-order valence-electron chi connectivity index (χ0n) is 12.5. The second kappa shape index (κ2) is 6.01. The van der Waals surface area contributed by atoms with Gasteiger partial charge in [-0.05, 0) is 49.9 Å². The first kappa shape index (κ1) is 15.5. The molecule has 2 aliphatic rings. The van der Waals surface area contributed by atoms with Crippen LogP contribution in [0.15, 0.2) is 35.2 Å². The number of nitrogens with one attached hydrogen (secondary N) is 2. The predicted octanol–water partition coefficient (Wildman–Crippen LogP) is 0.966. The SMILES string of the molecule is O=C(NCCS(=O)(=O)c1ccccc1)C1CC12CCNCC2. The minimum Gasteiger partial charge on any atom is -0.355 e. The molecule has 0 bridgehead atoms. The lowest BCUT2D eigenvalue weighted by Crippen LogP contribution is -2.35. The van der Waals surface area contributed by atoms with Gasteiger partial charge in [0.2, 0.25) is 5.91 Å². The summed E-state index contributed by atoms with van der Waals surface area (Å²) in [4.78, 5) is 12.5. The average molecular weight is 322 g/mol. The summed E-state index contributed by atoms with van der Waals surface area (Å²) in [5, 5.41) is 6.11. The summed E-state index contributed by atoms with van der Waals surface area (Å²) < 4.78 is 24.3. The third kappa shape index (κ3) is 3.17. The van der Waals surface area contributed by atoms with Crippen molar-refractivity contribution in [1.82, 2.24) is 10.6 Å². The molecule has 1 aromatic rings. The Morgan fingerprint density at radius 3 is 2.59 bits per heavy atom. The van der Waals surface area contributed by atoms with Crippen LogP contribution in [0.25, 0.3) is 0 Å². The third-order valence-electron chi connectivity index (χ3n) is 4.88. The highest BCUT2D eigenvalue weighted by atomic mass is 32.2. The van der Waals surface area contributed by atoms with E-state index >= 15 is 0 Å². The molecule has 1 heterocycles. The number of benzene rings is 1. The first-order valence-electron chi connectivity index (χ1n) is 7.80. The number of hydrogen-bond donors (Lipinski definition) is 2. The van der Waals surface area contributed by atoms with Gasteiger partial charge in [0.15, 0.2) is 9.84 Å². The normalized spacial score (nSPS) is 23.2. The Balaban J connectivity index is 1.48. The van der Waals surface area contributed by atoms with Gasteiger partial charge in [0.05, 0.1) is 10.6 Å². The Labute approximate surface area is 131 Å². The molecule has 1 saturated carbocycles. The highest BCUT2D eigenvalue weighted by Crippen LogP contribution is 2.58. The van der Waals surface area contributed by atoms with Crippen LogP contribution in [0, 0.1) is 11.3 Å². The quantitative estimate of drug-likeness (QED) is 0.847. The molecular weight excluding hydrogens is 300 g/mol. The summed E-state index contributed by atoms with van der Waals surface area (Å²) in [5.41, 5.74) is 0.188. The van der Waals surface area contributed by atoms with Gasteiger partial charge in [-0.25, -0.2) is 8.42 Å². The zero-order chi connectivity index (χ0) is 15.6. The van der Waals surface area contributed by atoms with Crippen LogP contribution >= 0.6 is 0 Å². The molecule has 1 unspecified atom stereocenters. The second-order valence-electron chi connectivity index (χ2n) is 6.29. The van der Waals surface area contributed by atoms with Gasteiger partial charge in [-0.1, -0.05) is 18.2 Å². The van der Waals surface area contributed by atoms with Gasteiger partial charge >= 0.3 is 0 Å². The van der Waals surface area contributed by atoms with Crippen LogP contribution in [-0.4, -0.2) is 39.7 Å². The summed E-state index contributed by atoms with van der Waals surface area (Å²) >= 11 is 0. The van der Waals surface area contributed by atoms with Crippen molar-refractivity contribution in [1.29, 1.82) is 0 Å². The van der Waals surface area contributed by atoms with E-state index < -0.39 is 9.84 Å². The van der Waals surface area contributed by atoms with Gasteiger partial charge < -0.3 is 10.6 Å². The molecule has 1 spiro atoms. The van der Waals surface area contributed by atoms with Crippen molar-refractivity contribution in [3.8, 4) is 0 Å². The Morgan fingerprint density at radius 1 is 1.23 bits per heavy atom. The van der Waals surface area contributed by atoms with E-state index in [1.807, 2.05) is 0 Å². The van der Waals surface area contributed by atoms with E-state index in [2.05, 4.69) is 10.6 Å². The molecule has 1 aromatic carbocycles. The molecule has 2 fully saturated rings. The lowest BCUT2D eigenvalue weighted by Gasteiger charge is -2.23. The van der Waals surface area contributed by atoms with E-state index in [9.17, 15) is 13.2 Å². The third-order valence-corrected chi connectivity index (χ3v) is 6.61. The van der Waals surface area contributed by atoms with Crippen LogP contribution in [0.4, 0.5) is 0 Å². The molecular formula is C16H22N2O3S. The lowest BCUT2D eigenvalue weighted by atomic mass is 9.92. The van der Waals surface area contributed by atoms with Gasteiger partial charge in [-0.3, -0.25) is 4.79 Å². The van der Waals surface area contributed by atoms with E-state index in [0.717, 1.165) is 32.4 Å². The highest BCUT2D eigenvalue weighted by molar-refractivity contribution is 7.91. The smallest absolute Gasteiger partial charge is 0.223 e. The van der Waals surface area contributed by atoms with Gasteiger partial charge in [0, 0.05) is 12.5 Å². The van der Waals surface area contributed by atoms with E-state index in [0.29, 0.717) is 4.90 Å². The molecule has 3 rings (SSSR count). The van der Waals surface area contributed by atoms with Crippen molar-refractivity contribution < 1.29 is 13.2 Å². The van der Waals surface area contributed by atoms with E-state index in [1.54, 1.807) is 30.3 Å². The molecule has 1 saturated heterocycles. The molecule has 120 valence electrons. The molecule has 2 N–H and O–H groups in total. The minimum absolute atomic E-state index is 0.0187. The number of carbonyl (C=O) groups excluding carboxylic acids is 1. The van der Waals surface area contributed by atoms with Crippen LogP contribution in [0.2, 0.25) is 0 Å². The summed E-state index contributed by atoms with van der Waals surface area (Å²) in [6.45, 7) is 2.14. The topological polar surface area (TPSA) is 75.3 Å². The molecule has 0 radical (unpaired) electrons. The Hall–Kier alpha value is -1.40. The summed E-state index contributed by atoms with van der Waals surface area (Å²) in [6, 6.07) is 8.36. The number of amides is 1. The maximum absolute atomic E-state index is 12.2. The molecule has 6 heteroatoms. The van der Waals surface area contributed by atoms with E-state index in [-0.39, 0.29) is 29.5 Å². The second-order valence-corrected chi connectivity index (χ2v) is 8.40. The highest BCUT2D eigenvalue weighted by Gasteiger charge is 2.57. The number of rotatable bonds is 5. The zero-order valence-corrected chi connectivity index (χ0v) is 13.4. The molecule has 1 amide bonds. The summed E-state index contributed by atoms with van der Waals surface area (Å²) in [6.07, 6.45) is 3.05. The number of hydrogen-bond acceptors (Lipinski definition) is 4. The van der Waals surface area contributed by atoms with Crippen LogP contribution in [0.3, 0.4) is 0 Å². The van der Waals surface area contributed by atoms with Crippen molar-refractivity contribution in [2.24, 2.45) is 11.3 Å². The van der Waals surface area contributed by atoms with Gasteiger partial charge in [-0.2, -0.15) is 0 Å². The Morgan fingerprint density at radius 2 is 1.91 bits per heavy atom. The fourth-order valence-electron chi connectivity index (χ4n) is 3.37. The van der Waals surface area contributed by atoms with Crippen molar-refractivity contribution in [2.45, 2.75) is 24.2 Å². The van der Waals surface area contributed by atoms with Gasteiger partial charge in [0.25, 0.3) is 0 Å². The van der Waals surface area contributed by atoms with Crippen LogP contribution in [0.1, 0.15) is 19.3 Å². The maximum Gasteiger partial charge on any atom is 0.223 e. The van der Waals surface area contributed by atoms with Gasteiger partial charge in [-0.15, -0.1) is 0 Å². The van der Waals surface area contributed by atoms with Crippen LogP contribution in [0.5, 0.6) is 0 Å². The van der Waals surface area contributed by atoms with Crippen LogP contribution in [-0.2, 0) is 14.6 Å². The molecule has 5 nitrogen and oxygen atoms in total. The fourth-order valence-corrected chi connectivity index (χ4v) is 4.55. The minimum atomic E-state index is -3.32. The maximum atomic E-state index is 12.2. The molecule has 1 atom stereocenters. The molecule has 22 heavy (non-hydrogen) atoms. The van der Waals surface area contributed by atoms with Crippen molar-refractivity contribution in [2.75, 3.05) is 25.4 Å². The first-order valence-corrected chi connectivity index (χ1v) is 9.45. The number of piperidine rings is 1. The van der Waals surface area contributed by atoms with Crippen LogP contribution < -0.4 is 10.6 Å². The van der Waals surface area contributed by atoms with E-state index in [4.69, 9.17) is 0 Å². The largest absolute Gasteiger partial charge is 0.355 e. The Bertz CT molecular complexity index is 637. The average Bonchev–Trinajstić information content (AvgIpc) is 3.22. The van der Waals surface area contributed by atoms with Crippen molar-refractivity contribution in [3.63, 3.8) is 0 Å². The molecule has 1 aliphatic heterocycles. The lowest BCUT2D eigenvalue weighted by molar-refractivity contribution is -0.123. The fraction of sp³-hybridized carbons (Fsp3) is 0.562. The number of sulfone groups is 1. The van der Waals surface area contributed by atoms with Crippen molar-refractivity contribution >= 4 is 15.7 Å². The Kier molecular flexibility index (Phi) is 4.23. The monoisotopic (exact) mass is 322 g/mol. The summed E-state index contributed by atoms with van der Waals surface area (Å²) in [5.74, 6) is 0.0449. The standard InChI is InChI=1S/C16H22N2O3S/c19-15(14-12-16(14)6-8-17-9-7-16)18-10-11-22(20,21)13-4-2-1-3-5-13/h1-5,14,17H,6-12H2,(H,18,19). The number of carbonyl (C=O) groups is 1. The van der Waals surface area contributed by atoms with Gasteiger partial charge in [0.1, 0.15) is 0 Å². The molecule has 0 aromatic heterocycles. The van der Waals surface area contributed by atoms with E-state index in [1.165, 1.54) is 0 Å². The summed E-state index contributed by atoms with van der Waals surface area (Å²) in [7, 11) is -3.32. The van der Waals surface area contributed by atoms with Crippen molar-refractivity contribution in [3.05, 3.63) is 30.3 Å².